The standard InChI is InChI=1S/C29H41N5O3/c1-18(2)23-12-11-19(3)13-27(36)34-16-20-14-21(25(34)9-6-10-26(35)30-23)17-33(15-20)29(37)28-22-7-4-5-8-24(22)31-32-28/h4-5,7-8,18-21,23,25H,6,9-17H2,1-3H3,(H,30,35)(H,31,32)/t19-,20+,21-,23+,25+/m1/s1. The Balaban J connectivity index is 1.34. The fourth-order valence-electron chi connectivity index (χ4n) is 6.75. The number of nitrogens with zero attached hydrogens (tertiary/aromatic N) is 3. The van der Waals surface area contributed by atoms with Gasteiger partial charge in [-0.2, -0.15) is 5.10 Å². The molecule has 3 aliphatic heterocycles. The van der Waals surface area contributed by atoms with Crippen molar-refractivity contribution < 1.29 is 14.4 Å². The minimum absolute atomic E-state index is 0.0377. The molecule has 5 rings (SSSR count). The van der Waals surface area contributed by atoms with Crippen LogP contribution < -0.4 is 5.32 Å². The number of amides is 3. The predicted octanol–water partition coefficient (Wildman–Crippen LogP) is 3.98. The summed E-state index contributed by atoms with van der Waals surface area (Å²) < 4.78 is 0. The summed E-state index contributed by atoms with van der Waals surface area (Å²) in [5.41, 5.74) is 1.34. The average molecular weight is 508 g/mol. The Morgan fingerprint density at radius 1 is 1.08 bits per heavy atom. The normalized spacial score (nSPS) is 29.8. The molecule has 3 aliphatic rings. The molecule has 1 aromatic heterocycles. The molecule has 2 N–H and O–H groups in total. The van der Waals surface area contributed by atoms with Gasteiger partial charge in [-0.25, -0.2) is 0 Å². The van der Waals surface area contributed by atoms with E-state index in [2.05, 4.69) is 41.2 Å². The molecule has 3 saturated heterocycles. The molecule has 200 valence electrons. The Morgan fingerprint density at radius 3 is 2.70 bits per heavy atom. The molecule has 3 fully saturated rings. The SMILES string of the molecule is CC(C)[C@@H]1CC[C@@H](C)CC(=O)N2C[C@H]3C[C@H](CN(C(=O)c4n[nH]c5ccccc45)C3)[C@@H]2CCCC(=O)N1. The lowest BCUT2D eigenvalue weighted by molar-refractivity contribution is -0.141. The number of rotatable bonds is 2. The highest BCUT2D eigenvalue weighted by Crippen LogP contribution is 2.37. The van der Waals surface area contributed by atoms with Crippen LogP contribution in [0.1, 0.15) is 76.2 Å². The number of hydrogen-bond acceptors (Lipinski definition) is 4. The number of fused-ring (bicyclic) bond motifs is 5. The van der Waals surface area contributed by atoms with Gasteiger partial charge in [-0.1, -0.05) is 39.0 Å². The number of aromatic amines is 1. The molecule has 5 atom stereocenters. The third kappa shape index (κ3) is 5.53. The lowest BCUT2D eigenvalue weighted by atomic mass is 9.77. The second-order valence-electron chi connectivity index (χ2n) is 12.0. The maximum absolute atomic E-state index is 13.6. The van der Waals surface area contributed by atoms with Crippen LogP contribution in [0.15, 0.2) is 24.3 Å². The van der Waals surface area contributed by atoms with Crippen LogP contribution in [0.3, 0.4) is 0 Å². The number of H-pyrrole nitrogens is 1. The maximum Gasteiger partial charge on any atom is 0.275 e. The third-order valence-electron chi connectivity index (χ3n) is 8.80. The van der Waals surface area contributed by atoms with E-state index in [-0.39, 0.29) is 47.6 Å². The molecule has 37 heavy (non-hydrogen) atoms. The van der Waals surface area contributed by atoms with E-state index in [9.17, 15) is 14.4 Å². The van der Waals surface area contributed by atoms with Crippen LogP contribution in [0, 0.1) is 23.7 Å². The van der Waals surface area contributed by atoms with E-state index in [1.807, 2.05) is 29.2 Å². The molecule has 0 spiro atoms. The van der Waals surface area contributed by atoms with E-state index in [0.717, 1.165) is 43.0 Å². The monoisotopic (exact) mass is 507 g/mol. The summed E-state index contributed by atoms with van der Waals surface area (Å²) in [5, 5.41) is 11.4. The molecule has 8 heteroatoms. The zero-order valence-corrected chi connectivity index (χ0v) is 22.4. The van der Waals surface area contributed by atoms with Crippen molar-refractivity contribution in [1.82, 2.24) is 25.3 Å². The fraction of sp³-hybridized carbons (Fsp3) is 0.655. The van der Waals surface area contributed by atoms with Crippen molar-refractivity contribution in [2.75, 3.05) is 19.6 Å². The van der Waals surface area contributed by atoms with Gasteiger partial charge in [0.05, 0.1) is 5.52 Å². The Morgan fingerprint density at radius 2 is 1.89 bits per heavy atom. The van der Waals surface area contributed by atoms with E-state index in [0.29, 0.717) is 44.1 Å². The van der Waals surface area contributed by atoms with Crippen LogP contribution in [0.4, 0.5) is 0 Å². The smallest absolute Gasteiger partial charge is 0.275 e. The lowest BCUT2D eigenvalue weighted by Gasteiger charge is -2.51. The number of aromatic nitrogens is 2. The molecule has 2 aromatic rings. The van der Waals surface area contributed by atoms with Crippen LogP contribution in [0.5, 0.6) is 0 Å². The summed E-state index contributed by atoms with van der Waals surface area (Å²) in [5.74, 6) is 1.46. The predicted molar refractivity (Wildman–Crippen MR) is 143 cm³/mol. The van der Waals surface area contributed by atoms with E-state index in [1.54, 1.807) is 0 Å². The van der Waals surface area contributed by atoms with E-state index in [1.165, 1.54) is 0 Å². The van der Waals surface area contributed by atoms with Gasteiger partial charge in [0, 0.05) is 49.9 Å². The van der Waals surface area contributed by atoms with Crippen LogP contribution in [-0.2, 0) is 9.59 Å². The van der Waals surface area contributed by atoms with Crippen molar-refractivity contribution in [2.24, 2.45) is 23.7 Å². The highest BCUT2D eigenvalue weighted by Gasteiger charge is 2.44. The second kappa shape index (κ2) is 10.8. The number of likely N-dealkylation sites (tertiary alicyclic amines) is 1. The minimum Gasteiger partial charge on any atom is -0.353 e. The van der Waals surface area contributed by atoms with E-state index >= 15 is 0 Å². The molecule has 4 heterocycles. The molecule has 1 aromatic carbocycles. The molecule has 8 nitrogen and oxygen atoms in total. The molecule has 0 unspecified atom stereocenters. The molecule has 0 saturated carbocycles. The summed E-state index contributed by atoms with van der Waals surface area (Å²) >= 11 is 0. The highest BCUT2D eigenvalue weighted by molar-refractivity contribution is 6.04. The first-order valence-corrected chi connectivity index (χ1v) is 14.1. The molecule has 2 bridgehead atoms. The van der Waals surface area contributed by atoms with Gasteiger partial charge in [0.25, 0.3) is 5.91 Å². The van der Waals surface area contributed by atoms with Crippen molar-refractivity contribution in [3.8, 4) is 0 Å². The molecule has 0 radical (unpaired) electrons. The van der Waals surface area contributed by atoms with Crippen LogP contribution in [0.25, 0.3) is 10.9 Å². The molecule has 3 amide bonds. The van der Waals surface area contributed by atoms with Crippen molar-refractivity contribution in [3.05, 3.63) is 30.0 Å². The third-order valence-corrected chi connectivity index (χ3v) is 8.80. The Kier molecular flexibility index (Phi) is 7.54. The van der Waals surface area contributed by atoms with Crippen molar-refractivity contribution in [1.29, 1.82) is 0 Å². The molecular weight excluding hydrogens is 466 g/mol. The summed E-state index contributed by atoms with van der Waals surface area (Å²) in [6, 6.07) is 7.95. The summed E-state index contributed by atoms with van der Waals surface area (Å²) in [7, 11) is 0. The Hall–Kier alpha value is -2.90. The van der Waals surface area contributed by atoms with Crippen molar-refractivity contribution >= 4 is 28.6 Å². The first-order valence-electron chi connectivity index (χ1n) is 14.1. The average Bonchev–Trinajstić information content (AvgIpc) is 3.30. The number of piperidine rings is 2. The quantitative estimate of drug-likeness (QED) is 0.642. The van der Waals surface area contributed by atoms with Crippen LogP contribution in [0.2, 0.25) is 0 Å². The van der Waals surface area contributed by atoms with Gasteiger partial charge in [0.2, 0.25) is 11.8 Å². The largest absolute Gasteiger partial charge is 0.353 e. The number of hydrogen-bond donors (Lipinski definition) is 2. The van der Waals surface area contributed by atoms with Gasteiger partial charge in [0.15, 0.2) is 5.69 Å². The summed E-state index contributed by atoms with van der Waals surface area (Å²) in [6.45, 7) is 8.43. The number of carbonyl (C=O) groups is 3. The van der Waals surface area contributed by atoms with E-state index < -0.39 is 0 Å². The Labute approximate surface area is 219 Å². The molecular formula is C29H41N5O3. The first kappa shape index (κ1) is 25.7. The van der Waals surface area contributed by atoms with Crippen molar-refractivity contribution in [2.45, 2.75) is 77.8 Å². The number of carbonyl (C=O) groups excluding carboxylic acids is 3. The van der Waals surface area contributed by atoms with Crippen LogP contribution in [-0.4, -0.2) is 69.4 Å². The van der Waals surface area contributed by atoms with Crippen LogP contribution >= 0.6 is 0 Å². The Bertz CT molecular complexity index is 1140. The zero-order valence-electron chi connectivity index (χ0n) is 22.4. The van der Waals surface area contributed by atoms with Gasteiger partial charge in [-0.15, -0.1) is 0 Å². The number of benzene rings is 1. The van der Waals surface area contributed by atoms with Gasteiger partial charge in [0.1, 0.15) is 0 Å². The number of nitrogens with one attached hydrogen (secondary N) is 2. The van der Waals surface area contributed by atoms with Crippen molar-refractivity contribution in [3.63, 3.8) is 0 Å². The lowest BCUT2D eigenvalue weighted by Crippen LogP contribution is -2.60. The maximum atomic E-state index is 13.6. The van der Waals surface area contributed by atoms with Gasteiger partial charge >= 0.3 is 0 Å². The van der Waals surface area contributed by atoms with Gasteiger partial charge in [-0.05, 0) is 61.8 Å². The topological polar surface area (TPSA) is 98.4 Å². The number of para-hydroxylation sites is 1. The van der Waals surface area contributed by atoms with Gasteiger partial charge < -0.3 is 15.1 Å². The first-order chi connectivity index (χ1) is 17.8. The fourth-order valence-corrected chi connectivity index (χ4v) is 6.75. The summed E-state index contributed by atoms with van der Waals surface area (Å²) in [4.78, 5) is 43.9. The summed E-state index contributed by atoms with van der Waals surface area (Å²) in [6.07, 6.45) is 5.44. The minimum atomic E-state index is -0.0377. The zero-order chi connectivity index (χ0) is 26.1. The van der Waals surface area contributed by atoms with E-state index in [4.69, 9.17) is 0 Å². The molecule has 0 aliphatic carbocycles. The van der Waals surface area contributed by atoms with Gasteiger partial charge in [-0.3, -0.25) is 19.5 Å². The second-order valence-corrected chi connectivity index (χ2v) is 12.0. The highest BCUT2D eigenvalue weighted by atomic mass is 16.2.